The zero-order valence-electron chi connectivity index (χ0n) is 12.6. The van der Waals surface area contributed by atoms with E-state index in [1.54, 1.807) is 7.11 Å². The maximum Gasteiger partial charge on any atom is 0.254 e. The van der Waals surface area contributed by atoms with Gasteiger partial charge in [0, 0.05) is 20.2 Å². The van der Waals surface area contributed by atoms with E-state index in [1.165, 1.54) is 0 Å². The van der Waals surface area contributed by atoms with Crippen LogP contribution in [0.4, 0.5) is 0 Å². The molecule has 2 saturated heterocycles. The lowest BCUT2D eigenvalue weighted by Crippen LogP contribution is -2.55. The zero-order chi connectivity index (χ0) is 13.9. The number of hydrogen-bond donors (Lipinski definition) is 1. The third-order valence-corrected chi connectivity index (χ3v) is 5.42. The summed E-state index contributed by atoms with van der Waals surface area (Å²) in [5.74, 6) is 0.222. The Balaban J connectivity index is 2.07. The summed E-state index contributed by atoms with van der Waals surface area (Å²) >= 11 is 0. The number of hydrogen-bond acceptors (Lipinski definition) is 3. The Morgan fingerprint density at radius 3 is 2.32 bits per heavy atom. The molecule has 2 aliphatic rings. The van der Waals surface area contributed by atoms with Crippen LogP contribution >= 0.6 is 0 Å². The molecule has 2 fully saturated rings. The van der Waals surface area contributed by atoms with Crippen LogP contribution in [0.3, 0.4) is 0 Å². The summed E-state index contributed by atoms with van der Waals surface area (Å²) in [7, 11) is 1.69. The summed E-state index contributed by atoms with van der Waals surface area (Å²) in [4.78, 5) is 14.9. The van der Waals surface area contributed by atoms with Crippen molar-refractivity contribution < 1.29 is 9.53 Å². The molecule has 1 amide bonds. The Labute approximate surface area is 116 Å². The van der Waals surface area contributed by atoms with Crippen molar-refractivity contribution in [2.75, 3.05) is 33.3 Å². The van der Waals surface area contributed by atoms with Crippen molar-refractivity contribution in [1.29, 1.82) is 0 Å². The second kappa shape index (κ2) is 5.80. The van der Waals surface area contributed by atoms with Gasteiger partial charge < -0.3 is 15.0 Å². The van der Waals surface area contributed by atoms with Crippen LogP contribution in [0.2, 0.25) is 0 Å². The van der Waals surface area contributed by atoms with Gasteiger partial charge in [0.05, 0.1) is 0 Å². The van der Waals surface area contributed by atoms with E-state index in [0.29, 0.717) is 5.41 Å². The number of methoxy groups -OCH3 is 1. The van der Waals surface area contributed by atoms with E-state index in [4.69, 9.17) is 4.74 Å². The molecule has 0 radical (unpaired) electrons. The standard InChI is InChI=1S/C15H28N2O2/c1-4-14(5-2)8-11-17(12-14)13(18)15(19-3)6-9-16-10-7-15/h16H,4-12H2,1-3H3. The van der Waals surface area contributed by atoms with Crippen LogP contribution in [0.1, 0.15) is 46.0 Å². The van der Waals surface area contributed by atoms with Crippen molar-refractivity contribution in [2.24, 2.45) is 5.41 Å². The second-order valence-corrected chi connectivity index (χ2v) is 6.13. The first-order chi connectivity index (χ1) is 9.11. The van der Waals surface area contributed by atoms with Gasteiger partial charge >= 0.3 is 0 Å². The van der Waals surface area contributed by atoms with Crippen molar-refractivity contribution in [3.8, 4) is 0 Å². The van der Waals surface area contributed by atoms with Gasteiger partial charge in [0.15, 0.2) is 0 Å². The number of ether oxygens (including phenoxy) is 1. The number of likely N-dealkylation sites (tertiary alicyclic amines) is 1. The van der Waals surface area contributed by atoms with Crippen molar-refractivity contribution in [2.45, 2.75) is 51.6 Å². The lowest BCUT2D eigenvalue weighted by atomic mass is 9.82. The van der Waals surface area contributed by atoms with Gasteiger partial charge in [-0.25, -0.2) is 0 Å². The van der Waals surface area contributed by atoms with Crippen LogP contribution in [0.15, 0.2) is 0 Å². The maximum atomic E-state index is 12.8. The van der Waals surface area contributed by atoms with E-state index in [9.17, 15) is 4.79 Å². The summed E-state index contributed by atoms with van der Waals surface area (Å²) < 4.78 is 5.66. The molecule has 0 aromatic carbocycles. The number of carbonyl (C=O) groups excluding carboxylic acids is 1. The molecule has 2 heterocycles. The summed E-state index contributed by atoms with van der Waals surface area (Å²) in [6, 6.07) is 0. The van der Waals surface area contributed by atoms with Crippen LogP contribution < -0.4 is 5.32 Å². The van der Waals surface area contributed by atoms with Crippen molar-refractivity contribution in [3.63, 3.8) is 0 Å². The van der Waals surface area contributed by atoms with Gasteiger partial charge in [-0.2, -0.15) is 0 Å². The minimum absolute atomic E-state index is 0.222. The van der Waals surface area contributed by atoms with Crippen LogP contribution in [0, 0.1) is 5.41 Å². The molecule has 110 valence electrons. The zero-order valence-corrected chi connectivity index (χ0v) is 12.6. The average Bonchev–Trinajstić information content (AvgIpc) is 2.92. The van der Waals surface area contributed by atoms with Crippen LogP contribution in [0.5, 0.6) is 0 Å². The summed E-state index contributed by atoms with van der Waals surface area (Å²) in [6.07, 6.45) is 5.06. The molecule has 2 rings (SSSR count). The molecular weight excluding hydrogens is 240 g/mol. The van der Waals surface area contributed by atoms with E-state index in [-0.39, 0.29) is 5.91 Å². The van der Waals surface area contributed by atoms with Crippen LogP contribution in [-0.4, -0.2) is 49.7 Å². The quantitative estimate of drug-likeness (QED) is 0.845. The summed E-state index contributed by atoms with van der Waals surface area (Å²) in [5, 5.41) is 3.31. The van der Waals surface area contributed by atoms with Crippen molar-refractivity contribution >= 4 is 5.91 Å². The first-order valence-electron chi connectivity index (χ1n) is 7.67. The fourth-order valence-electron chi connectivity index (χ4n) is 3.56. The number of rotatable bonds is 4. The third kappa shape index (κ3) is 2.65. The highest BCUT2D eigenvalue weighted by atomic mass is 16.5. The van der Waals surface area contributed by atoms with Gasteiger partial charge in [0.25, 0.3) is 5.91 Å². The largest absolute Gasteiger partial charge is 0.368 e. The summed E-state index contributed by atoms with van der Waals surface area (Å²) in [5.41, 5.74) is -0.222. The highest BCUT2D eigenvalue weighted by Gasteiger charge is 2.46. The SMILES string of the molecule is CCC1(CC)CCN(C(=O)C2(OC)CCNCC2)C1. The van der Waals surface area contributed by atoms with Gasteiger partial charge in [0.2, 0.25) is 0 Å². The monoisotopic (exact) mass is 268 g/mol. The molecule has 4 heteroatoms. The topological polar surface area (TPSA) is 41.6 Å². The minimum Gasteiger partial charge on any atom is -0.368 e. The molecule has 0 saturated carbocycles. The summed E-state index contributed by atoms with van der Waals surface area (Å²) in [6.45, 7) is 8.05. The maximum absolute atomic E-state index is 12.8. The Morgan fingerprint density at radius 2 is 1.84 bits per heavy atom. The minimum atomic E-state index is -0.567. The molecule has 0 bridgehead atoms. The van der Waals surface area contributed by atoms with E-state index < -0.39 is 5.60 Å². The average molecular weight is 268 g/mol. The number of nitrogens with zero attached hydrogens (tertiary/aromatic N) is 1. The predicted molar refractivity (Wildman–Crippen MR) is 76.1 cm³/mol. The first-order valence-corrected chi connectivity index (χ1v) is 7.67. The number of carbonyl (C=O) groups is 1. The number of amides is 1. The van der Waals surface area contributed by atoms with Gasteiger partial charge in [-0.3, -0.25) is 4.79 Å². The highest BCUT2D eigenvalue weighted by molar-refractivity contribution is 5.85. The molecule has 4 nitrogen and oxygen atoms in total. The normalized spacial score (nSPS) is 25.5. The van der Waals surface area contributed by atoms with Crippen molar-refractivity contribution in [3.05, 3.63) is 0 Å². The fourth-order valence-corrected chi connectivity index (χ4v) is 3.56. The fraction of sp³-hybridized carbons (Fsp3) is 0.933. The van der Waals surface area contributed by atoms with Gasteiger partial charge in [0.1, 0.15) is 5.60 Å². The molecule has 0 atom stereocenters. The Bertz CT molecular complexity index is 320. The smallest absolute Gasteiger partial charge is 0.254 e. The predicted octanol–water partition coefficient (Wildman–Crippen LogP) is 1.79. The van der Waals surface area contributed by atoms with E-state index in [2.05, 4.69) is 24.1 Å². The van der Waals surface area contributed by atoms with Crippen molar-refractivity contribution in [1.82, 2.24) is 10.2 Å². The Hall–Kier alpha value is -0.610. The lowest BCUT2D eigenvalue weighted by Gasteiger charge is -2.38. The van der Waals surface area contributed by atoms with Crippen LogP contribution in [0.25, 0.3) is 0 Å². The van der Waals surface area contributed by atoms with Crippen LogP contribution in [-0.2, 0) is 9.53 Å². The number of piperidine rings is 1. The highest BCUT2D eigenvalue weighted by Crippen LogP contribution is 2.39. The first kappa shape index (κ1) is 14.8. The van der Waals surface area contributed by atoms with Gasteiger partial charge in [-0.05, 0) is 50.6 Å². The van der Waals surface area contributed by atoms with E-state index in [1.807, 2.05) is 0 Å². The number of nitrogens with one attached hydrogen (secondary N) is 1. The molecule has 2 aliphatic heterocycles. The molecule has 1 N–H and O–H groups in total. The second-order valence-electron chi connectivity index (χ2n) is 6.13. The molecule has 0 aromatic heterocycles. The molecule has 0 unspecified atom stereocenters. The Morgan fingerprint density at radius 1 is 1.21 bits per heavy atom. The van der Waals surface area contributed by atoms with E-state index >= 15 is 0 Å². The molecular formula is C15H28N2O2. The molecule has 0 aromatic rings. The molecule has 0 aliphatic carbocycles. The van der Waals surface area contributed by atoms with E-state index in [0.717, 1.165) is 58.3 Å². The lowest BCUT2D eigenvalue weighted by molar-refractivity contribution is -0.157. The van der Waals surface area contributed by atoms with Gasteiger partial charge in [-0.15, -0.1) is 0 Å². The molecule has 19 heavy (non-hydrogen) atoms. The van der Waals surface area contributed by atoms with Gasteiger partial charge in [-0.1, -0.05) is 13.8 Å². The molecule has 0 spiro atoms. The third-order valence-electron chi connectivity index (χ3n) is 5.42. The Kier molecular flexibility index (Phi) is 4.51.